The third-order valence-corrected chi connectivity index (χ3v) is 5.14. The highest BCUT2D eigenvalue weighted by Crippen LogP contribution is 2.39. The number of rotatable bonds is 8. The van der Waals surface area contributed by atoms with Crippen LogP contribution in [0.3, 0.4) is 0 Å². The lowest BCUT2D eigenvalue weighted by Crippen LogP contribution is -2.55. The predicted molar refractivity (Wildman–Crippen MR) is 83.4 cm³/mol. The van der Waals surface area contributed by atoms with Crippen molar-refractivity contribution in [3.05, 3.63) is 18.6 Å². The second-order valence-corrected chi connectivity index (χ2v) is 6.59. The molecule has 1 saturated carbocycles. The van der Waals surface area contributed by atoms with Gasteiger partial charge in [0.05, 0.1) is 5.03 Å². The van der Waals surface area contributed by atoms with Gasteiger partial charge in [-0.25, -0.2) is 9.97 Å². The maximum atomic E-state index is 11.8. The van der Waals surface area contributed by atoms with Gasteiger partial charge in [0.15, 0.2) is 0 Å². The molecule has 0 aromatic carbocycles. The number of hydrogen-bond donors (Lipinski definition) is 2. The lowest BCUT2D eigenvalue weighted by Gasteiger charge is -2.32. The van der Waals surface area contributed by atoms with Gasteiger partial charge >= 0.3 is 5.97 Å². The van der Waals surface area contributed by atoms with Crippen molar-refractivity contribution in [2.75, 3.05) is 12.3 Å². The molecule has 1 aromatic heterocycles. The average Bonchev–Trinajstić information content (AvgIpc) is 2.90. The van der Waals surface area contributed by atoms with Crippen molar-refractivity contribution in [1.29, 1.82) is 0 Å². The average molecular weight is 309 g/mol. The number of aromatic nitrogens is 2. The smallest absolute Gasteiger partial charge is 0.324 e. The highest BCUT2D eigenvalue weighted by Gasteiger charge is 2.48. The predicted octanol–water partition coefficient (Wildman–Crippen LogP) is 2.58. The van der Waals surface area contributed by atoms with E-state index in [9.17, 15) is 9.90 Å². The zero-order valence-electron chi connectivity index (χ0n) is 12.4. The molecule has 21 heavy (non-hydrogen) atoms. The second-order valence-electron chi connectivity index (χ2n) is 5.48. The molecule has 1 heterocycles. The van der Waals surface area contributed by atoms with E-state index in [1.807, 2.05) is 6.07 Å². The first-order chi connectivity index (χ1) is 10.2. The number of nitrogens with zero attached hydrogens (tertiary/aromatic N) is 2. The van der Waals surface area contributed by atoms with E-state index in [2.05, 4.69) is 22.2 Å². The monoisotopic (exact) mass is 309 g/mol. The van der Waals surface area contributed by atoms with Crippen LogP contribution in [0.1, 0.15) is 39.0 Å². The topological polar surface area (TPSA) is 75.1 Å². The standard InChI is InChI=1S/C15H23N3O2S/c1-2-8-18-15(14(19)20)7-3-4-12(15)6-10-21-13-5-9-16-11-17-13/h5,9,11-12,18H,2-4,6-8,10H2,1H3,(H,19,20). The van der Waals surface area contributed by atoms with Crippen LogP contribution in [0.2, 0.25) is 0 Å². The van der Waals surface area contributed by atoms with E-state index in [0.29, 0.717) is 0 Å². The van der Waals surface area contributed by atoms with E-state index < -0.39 is 11.5 Å². The van der Waals surface area contributed by atoms with Gasteiger partial charge in [0.25, 0.3) is 0 Å². The summed E-state index contributed by atoms with van der Waals surface area (Å²) in [6.07, 6.45) is 7.86. The number of hydrogen-bond acceptors (Lipinski definition) is 5. The van der Waals surface area contributed by atoms with Crippen molar-refractivity contribution in [3.63, 3.8) is 0 Å². The highest BCUT2D eigenvalue weighted by molar-refractivity contribution is 7.99. The van der Waals surface area contributed by atoms with Gasteiger partial charge < -0.3 is 10.4 Å². The van der Waals surface area contributed by atoms with Gasteiger partial charge in [-0.1, -0.05) is 13.3 Å². The molecule has 6 heteroatoms. The molecule has 0 amide bonds. The number of nitrogens with one attached hydrogen (secondary N) is 1. The third kappa shape index (κ3) is 3.95. The van der Waals surface area contributed by atoms with E-state index in [-0.39, 0.29) is 5.92 Å². The van der Waals surface area contributed by atoms with E-state index in [0.717, 1.165) is 49.4 Å². The van der Waals surface area contributed by atoms with Gasteiger partial charge in [0.1, 0.15) is 11.9 Å². The molecule has 0 aliphatic heterocycles. The number of carboxylic acid groups (broad SMARTS) is 1. The molecular weight excluding hydrogens is 286 g/mol. The molecule has 2 N–H and O–H groups in total. The maximum absolute atomic E-state index is 11.8. The Balaban J connectivity index is 1.92. The van der Waals surface area contributed by atoms with Crippen LogP contribution in [0.15, 0.2) is 23.6 Å². The van der Waals surface area contributed by atoms with Gasteiger partial charge in [0.2, 0.25) is 0 Å². The molecule has 116 valence electrons. The Hall–Kier alpha value is -1.14. The molecule has 2 unspecified atom stereocenters. The van der Waals surface area contributed by atoms with E-state index in [1.54, 1.807) is 24.3 Å². The number of carbonyl (C=O) groups is 1. The van der Waals surface area contributed by atoms with Crippen LogP contribution in [0, 0.1) is 5.92 Å². The number of aliphatic carboxylic acids is 1. The Bertz CT molecular complexity index is 457. The Labute approximate surface area is 130 Å². The zero-order chi connectivity index (χ0) is 15.1. The van der Waals surface area contributed by atoms with Crippen molar-refractivity contribution in [2.45, 2.75) is 49.6 Å². The number of thioether (sulfide) groups is 1. The van der Waals surface area contributed by atoms with Crippen molar-refractivity contribution < 1.29 is 9.90 Å². The third-order valence-electron chi connectivity index (χ3n) is 4.16. The van der Waals surface area contributed by atoms with E-state index in [4.69, 9.17) is 0 Å². The quantitative estimate of drug-likeness (QED) is 0.568. The van der Waals surface area contributed by atoms with Crippen LogP contribution >= 0.6 is 11.8 Å². The number of carboxylic acids is 1. The maximum Gasteiger partial charge on any atom is 0.324 e. The Morgan fingerprint density at radius 3 is 3.14 bits per heavy atom. The summed E-state index contributed by atoms with van der Waals surface area (Å²) in [5.41, 5.74) is -0.720. The van der Waals surface area contributed by atoms with Crippen LogP contribution in [0.5, 0.6) is 0 Å². The summed E-state index contributed by atoms with van der Waals surface area (Å²) in [5, 5.41) is 13.9. The van der Waals surface area contributed by atoms with Gasteiger partial charge in [-0.05, 0) is 50.0 Å². The molecule has 2 atom stereocenters. The summed E-state index contributed by atoms with van der Waals surface area (Å²) < 4.78 is 0. The normalized spacial score (nSPS) is 25.1. The molecule has 0 bridgehead atoms. The highest BCUT2D eigenvalue weighted by atomic mass is 32.2. The Kier molecular flexibility index (Phi) is 5.99. The summed E-state index contributed by atoms with van der Waals surface area (Å²) in [6.45, 7) is 2.83. The van der Waals surface area contributed by atoms with Gasteiger partial charge in [-0.15, -0.1) is 11.8 Å². The minimum Gasteiger partial charge on any atom is -0.480 e. The summed E-state index contributed by atoms with van der Waals surface area (Å²) in [7, 11) is 0. The van der Waals surface area contributed by atoms with Crippen LogP contribution in [0.25, 0.3) is 0 Å². The molecule has 0 spiro atoms. The summed E-state index contributed by atoms with van der Waals surface area (Å²) in [5.74, 6) is 0.409. The molecule has 2 rings (SSSR count). The minimum absolute atomic E-state index is 0.205. The van der Waals surface area contributed by atoms with Crippen molar-refractivity contribution in [2.24, 2.45) is 5.92 Å². The first kappa shape index (κ1) is 16.2. The SMILES string of the molecule is CCCNC1(C(=O)O)CCCC1CCSc1ccncn1. The van der Waals surface area contributed by atoms with Crippen molar-refractivity contribution in [3.8, 4) is 0 Å². The second kappa shape index (κ2) is 7.75. The van der Waals surface area contributed by atoms with Crippen LogP contribution in [-0.2, 0) is 4.79 Å². The molecule has 1 aromatic rings. The molecule has 5 nitrogen and oxygen atoms in total. The fraction of sp³-hybridized carbons (Fsp3) is 0.667. The van der Waals surface area contributed by atoms with Crippen LogP contribution in [-0.4, -0.2) is 38.9 Å². The summed E-state index contributed by atoms with van der Waals surface area (Å²) in [4.78, 5) is 19.9. The van der Waals surface area contributed by atoms with Crippen LogP contribution in [0.4, 0.5) is 0 Å². The van der Waals surface area contributed by atoms with E-state index >= 15 is 0 Å². The molecule has 1 fully saturated rings. The minimum atomic E-state index is -0.720. The van der Waals surface area contributed by atoms with Gasteiger partial charge in [0, 0.05) is 6.20 Å². The van der Waals surface area contributed by atoms with Crippen molar-refractivity contribution in [1.82, 2.24) is 15.3 Å². The first-order valence-electron chi connectivity index (χ1n) is 7.56. The lowest BCUT2D eigenvalue weighted by atomic mass is 9.85. The molecule has 1 aliphatic carbocycles. The first-order valence-corrected chi connectivity index (χ1v) is 8.55. The zero-order valence-corrected chi connectivity index (χ0v) is 13.2. The molecule has 0 radical (unpaired) electrons. The largest absolute Gasteiger partial charge is 0.480 e. The summed E-state index contributed by atoms with van der Waals surface area (Å²) in [6, 6.07) is 1.89. The molecular formula is C15H23N3O2S. The fourth-order valence-corrected chi connectivity index (χ4v) is 3.97. The molecule has 1 aliphatic rings. The Morgan fingerprint density at radius 1 is 1.62 bits per heavy atom. The summed E-state index contributed by atoms with van der Waals surface area (Å²) >= 11 is 1.67. The van der Waals surface area contributed by atoms with Crippen molar-refractivity contribution >= 4 is 17.7 Å². The lowest BCUT2D eigenvalue weighted by molar-refractivity contribution is -0.146. The Morgan fingerprint density at radius 2 is 2.48 bits per heavy atom. The van der Waals surface area contributed by atoms with Gasteiger partial charge in [-0.3, -0.25) is 4.79 Å². The molecule has 0 saturated heterocycles. The van der Waals surface area contributed by atoms with E-state index in [1.165, 1.54) is 0 Å². The van der Waals surface area contributed by atoms with Crippen LogP contribution < -0.4 is 5.32 Å². The fourth-order valence-electron chi connectivity index (χ4n) is 3.08. The van der Waals surface area contributed by atoms with Gasteiger partial charge in [-0.2, -0.15) is 0 Å².